The molecule has 1 aliphatic carbocycles. The maximum atomic E-state index is 3.73. The van der Waals surface area contributed by atoms with Crippen molar-refractivity contribution in [1.82, 2.24) is 26.6 Å². The molecule has 2 rings (SSSR count). The minimum absolute atomic E-state index is 0.666. The van der Waals surface area contributed by atoms with Crippen LogP contribution in [0, 0.1) is 0 Å². The zero-order valence-corrected chi connectivity index (χ0v) is 12.1. The second-order valence-corrected chi connectivity index (χ2v) is 5.66. The van der Waals surface area contributed by atoms with E-state index in [0.29, 0.717) is 12.1 Å². The molecule has 0 aromatic heterocycles. The molecule has 5 N–H and O–H groups in total. The van der Waals surface area contributed by atoms with Crippen molar-refractivity contribution < 1.29 is 0 Å². The van der Waals surface area contributed by atoms with Crippen molar-refractivity contribution in [1.29, 1.82) is 0 Å². The van der Waals surface area contributed by atoms with Crippen LogP contribution in [0.15, 0.2) is 0 Å². The van der Waals surface area contributed by atoms with E-state index in [0.717, 1.165) is 52.4 Å². The first-order valence-electron chi connectivity index (χ1n) is 8.06. The Bertz CT molecular complexity index is 202. The third kappa shape index (κ3) is 6.19. The highest BCUT2D eigenvalue weighted by Gasteiger charge is 2.23. The smallest absolute Gasteiger partial charge is 0.0221 e. The van der Waals surface area contributed by atoms with Gasteiger partial charge in [-0.25, -0.2) is 0 Å². The molecule has 0 amide bonds. The molecule has 112 valence electrons. The molecule has 1 saturated carbocycles. The Kier molecular flexibility index (Phi) is 7.73. The molecule has 5 heteroatoms. The fourth-order valence-corrected chi connectivity index (χ4v) is 3.04. The standard InChI is InChI=1S/C14H31N5/c1-2-4-14-13(3-1)18-11-9-16-7-5-15-6-8-17-10-12-19-14/h13-19H,1-12H2/t13-,14-/m1/s1. The van der Waals surface area contributed by atoms with E-state index >= 15 is 0 Å². The fourth-order valence-electron chi connectivity index (χ4n) is 3.04. The molecule has 0 aromatic rings. The zero-order chi connectivity index (χ0) is 13.2. The second kappa shape index (κ2) is 9.66. The lowest BCUT2D eigenvalue weighted by molar-refractivity contribution is 0.285. The first-order valence-corrected chi connectivity index (χ1v) is 8.06. The minimum Gasteiger partial charge on any atom is -0.314 e. The van der Waals surface area contributed by atoms with Crippen molar-refractivity contribution in [3.8, 4) is 0 Å². The Hall–Kier alpha value is -0.200. The van der Waals surface area contributed by atoms with Gasteiger partial charge in [-0.3, -0.25) is 0 Å². The zero-order valence-electron chi connectivity index (χ0n) is 12.1. The Morgan fingerprint density at radius 2 is 0.842 bits per heavy atom. The Morgan fingerprint density at radius 1 is 0.474 bits per heavy atom. The molecule has 0 spiro atoms. The Balaban J connectivity index is 1.74. The van der Waals surface area contributed by atoms with Crippen LogP contribution in [0.3, 0.4) is 0 Å². The van der Waals surface area contributed by atoms with Crippen LogP contribution in [0.25, 0.3) is 0 Å². The first kappa shape index (κ1) is 15.2. The number of hydrogen-bond acceptors (Lipinski definition) is 5. The number of rotatable bonds is 0. The van der Waals surface area contributed by atoms with Crippen molar-refractivity contribution in [2.75, 3.05) is 52.4 Å². The van der Waals surface area contributed by atoms with Crippen LogP contribution >= 0.6 is 0 Å². The van der Waals surface area contributed by atoms with E-state index in [2.05, 4.69) is 26.6 Å². The van der Waals surface area contributed by atoms with Gasteiger partial charge < -0.3 is 26.6 Å². The normalized spacial score (nSPS) is 32.8. The van der Waals surface area contributed by atoms with Crippen LogP contribution in [-0.2, 0) is 0 Å². The van der Waals surface area contributed by atoms with Crippen molar-refractivity contribution in [2.45, 2.75) is 37.8 Å². The molecule has 1 heterocycles. The van der Waals surface area contributed by atoms with Crippen LogP contribution in [0.4, 0.5) is 0 Å². The highest BCUT2D eigenvalue weighted by molar-refractivity contribution is 4.86. The van der Waals surface area contributed by atoms with Gasteiger partial charge in [-0.2, -0.15) is 0 Å². The monoisotopic (exact) mass is 269 g/mol. The number of fused-ring (bicyclic) bond motifs is 1. The summed E-state index contributed by atoms with van der Waals surface area (Å²) in [6, 6.07) is 1.33. The summed E-state index contributed by atoms with van der Waals surface area (Å²) in [6.07, 6.45) is 5.41. The lowest BCUT2D eigenvalue weighted by Gasteiger charge is -2.33. The first-order chi connectivity index (χ1) is 9.47. The third-order valence-corrected chi connectivity index (χ3v) is 4.14. The molecule has 0 bridgehead atoms. The molecule has 1 saturated heterocycles. The summed E-state index contributed by atoms with van der Waals surface area (Å²) in [6.45, 7) is 8.56. The summed E-state index contributed by atoms with van der Waals surface area (Å²) < 4.78 is 0. The average Bonchev–Trinajstić information content (AvgIpc) is 2.45. The van der Waals surface area contributed by atoms with Gasteiger partial charge in [-0.05, 0) is 12.8 Å². The molecule has 1 aliphatic heterocycles. The minimum atomic E-state index is 0.666. The topological polar surface area (TPSA) is 60.1 Å². The van der Waals surface area contributed by atoms with E-state index < -0.39 is 0 Å². The van der Waals surface area contributed by atoms with E-state index in [1.165, 1.54) is 25.7 Å². The maximum Gasteiger partial charge on any atom is 0.0221 e. The largest absolute Gasteiger partial charge is 0.314 e. The predicted octanol–water partition coefficient (Wildman–Crippen LogP) is -0.741. The van der Waals surface area contributed by atoms with Gasteiger partial charge in [0.25, 0.3) is 0 Å². The fraction of sp³-hybridized carbons (Fsp3) is 1.00. The molecule has 19 heavy (non-hydrogen) atoms. The number of hydrogen-bond donors (Lipinski definition) is 5. The average molecular weight is 269 g/mol. The summed E-state index contributed by atoms with van der Waals surface area (Å²) in [7, 11) is 0. The second-order valence-electron chi connectivity index (χ2n) is 5.66. The highest BCUT2D eigenvalue weighted by atomic mass is 15.1. The van der Waals surface area contributed by atoms with Crippen LogP contribution in [-0.4, -0.2) is 64.4 Å². The van der Waals surface area contributed by atoms with Gasteiger partial charge in [0, 0.05) is 64.4 Å². The predicted molar refractivity (Wildman–Crippen MR) is 80.7 cm³/mol. The van der Waals surface area contributed by atoms with Gasteiger partial charge in [0.15, 0.2) is 0 Å². The van der Waals surface area contributed by atoms with Crippen LogP contribution in [0.2, 0.25) is 0 Å². The van der Waals surface area contributed by atoms with E-state index in [-0.39, 0.29) is 0 Å². The summed E-state index contributed by atoms with van der Waals surface area (Å²) in [5, 5.41) is 17.9. The van der Waals surface area contributed by atoms with Crippen molar-refractivity contribution in [3.63, 3.8) is 0 Å². The summed E-state index contributed by atoms with van der Waals surface area (Å²) in [5.74, 6) is 0. The van der Waals surface area contributed by atoms with Crippen LogP contribution < -0.4 is 26.6 Å². The molecule has 0 unspecified atom stereocenters. The number of nitrogens with one attached hydrogen (secondary N) is 5. The maximum absolute atomic E-state index is 3.73. The lowest BCUT2D eigenvalue weighted by Crippen LogP contribution is -2.52. The molecule has 0 radical (unpaired) electrons. The highest BCUT2D eigenvalue weighted by Crippen LogP contribution is 2.18. The van der Waals surface area contributed by atoms with Gasteiger partial charge in [0.05, 0.1) is 0 Å². The van der Waals surface area contributed by atoms with Crippen molar-refractivity contribution in [2.24, 2.45) is 0 Å². The van der Waals surface area contributed by atoms with Gasteiger partial charge >= 0.3 is 0 Å². The van der Waals surface area contributed by atoms with Crippen molar-refractivity contribution >= 4 is 0 Å². The Labute approximate surface area is 117 Å². The van der Waals surface area contributed by atoms with E-state index in [9.17, 15) is 0 Å². The van der Waals surface area contributed by atoms with E-state index in [1.54, 1.807) is 0 Å². The van der Waals surface area contributed by atoms with Gasteiger partial charge in [-0.15, -0.1) is 0 Å². The van der Waals surface area contributed by atoms with Crippen LogP contribution in [0.5, 0.6) is 0 Å². The summed E-state index contributed by atoms with van der Waals surface area (Å²) in [5.41, 5.74) is 0. The van der Waals surface area contributed by atoms with Gasteiger partial charge in [0.1, 0.15) is 0 Å². The van der Waals surface area contributed by atoms with Gasteiger partial charge in [0.2, 0.25) is 0 Å². The molecule has 0 aromatic carbocycles. The molecule has 2 atom stereocenters. The SMILES string of the molecule is C1CC[C@H]2NCCNCCNCCNCCN[C@@H]2C1. The summed E-state index contributed by atoms with van der Waals surface area (Å²) >= 11 is 0. The van der Waals surface area contributed by atoms with Gasteiger partial charge in [-0.1, -0.05) is 12.8 Å². The third-order valence-electron chi connectivity index (χ3n) is 4.14. The lowest BCUT2D eigenvalue weighted by atomic mass is 9.90. The molecular formula is C14H31N5. The van der Waals surface area contributed by atoms with E-state index in [4.69, 9.17) is 0 Å². The van der Waals surface area contributed by atoms with Crippen LogP contribution in [0.1, 0.15) is 25.7 Å². The van der Waals surface area contributed by atoms with E-state index in [1.807, 2.05) is 0 Å². The Morgan fingerprint density at radius 3 is 1.26 bits per heavy atom. The molecule has 5 nitrogen and oxygen atoms in total. The quantitative estimate of drug-likeness (QED) is 0.401. The summed E-state index contributed by atoms with van der Waals surface area (Å²) in [4.78, 5) is 0. The van der Waals surface area contributed by atoms with Crippen molar-refractivity contribution in [3.05, 3.63) is 0 Å². The molecule has 2 aliphatic rings. The molecule has 2 fully saturated rings. The molecular weight excluding hydrogens is 238 g/mol.